The number of para-hydroxylation sites is 1. The summed E-state index contributed by atoms with van der Waals surface area (Å²) in [6.07, 6.45) is 1.59. The van der Waals surface area contributed by atoms with Gasteiger partial charge in [0.15, 0.2) is 0 Å². The first kappa shape index (κ1) is 8.65. The maximum atomic E-state index is 9.18. The summed E-state index contributed by atoms with van der Waals surface area (Å²) in [6.45, 7) is 0. The number of hydrogen-bond donors (Lipinski definition) is 2. The fourth-order valence-electron chi connectivity index (χ4n) is 1.06. The average Bonchev–Trinajstić information content (AvgIpc) is 2.34. The molecule has 1 aromatic carbocycles. The maximum Gasteiger partial charge on any atom is 0.140 e. The summed E-state index contributed by atoms with van der Waals surface area (Å²) in [6, 6.07) is 7.63. The minimum Gasteiger partial charge on any atom is -0.506 e. The van der Waals surface area contributed by atoms with Gasteiger partial charge in [0.05, 0.1) is 0 Å². The number of nitrogens with one attached hydrogen (secondary N) is 1. The first-order valence-electron chi connectivity index (χ1n) is 3.13. The molecular formula is C8H7NNaO. The van der Waals surface area contributed by atoms with E-state index in [0.717, 1.165) is 10.9 Å². The van der Waals surface area contributed by atoms with Gasteiger partial charge in [-0.15, -0.1) is 0 Å². The second-order valence-corrected chi connectivity index (χ2v) is 2.22. The molecule has 0 saturated heterocycles. The Labute approximate surface area is 86.5 Å². The van der Waals surface area contributed by atoms with Crippen LogP contribution in [0.5, 0.6) is 5.75 Å². The van der Waals surface area contributed by atoms with Crippen LogP contribution in [-0.4, -0.2) is 39.6 Å². The Hall–Kier alpha value is -0.440. The molecule has 11 heavy (non-hydrogen) atoms. The Morgan fingerprint density at radius 1 is 1.18 bits per heavy atom. The van der Waals surface area contributed by atoms with E-state index in [-0.39, 0.29) is 29.6 Å². The van der Waals surface area contributed by atoms with Gasteiger partial charge in [0.1, 0.15) is 5.75 Å². The van der Waals surface area contributed by atoms with E-state index in [1.165, 1.54) is 0 Å². The zero-order valence-electron chi connectivity index (χ0n) is 6.33. The van der Waals surface area contributed by atoms with E-state index >= 15 is 0 Å². The predicted molar refractivity (Wildman–Crippen MR) is 45.7 cm³/mol. The fourth-order valence-corrected chi connectivity index (χ4v) is 1.06. The van der Waals surface area contributed by atoms with Crippen LogP contribution >= 0.6 is 0 Å². The van der Waals surface area contributed by atoms with E-state index in [1.807, 2.05) is 24.3 Å². The molecule has 0 spiro atoms. The Balaban J connectivity index is 0.000000605. The smallest absolute Gasteiger partial charge is 0.140 e. The van der Waals surface area contributed by atoms with Gasteiger partial charge in [-0.05, 0) is 12.1 Å². The fraction of sp³-hybridized carbons (Fsp3) is 0. The van der Waals surface area contributed by atoms with Gasteiger partial charge in [-0.3, -0.25) is 0 Å². The number of H-pyrrole nitrogens is 1. The Kier molecular flexibility index (Phi) is 2.60. The van der Waals surface area contributed by atoms with Gasteiger partial charge in [-0.2, -0.15) is 0 Å². The van der Waals surface area contributed by atoms with Crippen molar-refractivity contribution >= 4 is 40.5 Å². The molecular weight excluding hydrogens is 149 g/mol. The molecule has 2 aromatic rings. The summed E-state index contributed by atoms with van der Waals surface area (Å²) in [5.74, 6) is 0.315. The van der Waals surface area contributed by atoms with Gasteiger partial charge >= 0.3 is 0 Å². The number of aromatic nitrogens is 1. The van der Waals surface area contributed by atoms with E-state index in [2.05, 4.69) is 4.98 Å². The molecule has 0 saturated carbocycles. The van der Waals surface area contributed by atoms with Crippen LogP contribution in [0, 0.1) is 0 Å². The average molecular weight is 156 g/mol. The molecule has 2 nitrogen and oxygen atoms in total. The molecule has 0 unspecified atom stereocenters. The van der Waals surface area contributed by atoms with Gasteiger partial charge < -0.3 is 10.1 Å². The third-order valence-electron chi connectivity index (χ3n) is 1.57. The number of fused-ring (bicyclic) bond motifs is 1. The largest absolute Gasteiger partial charge is 0.506 e. The minimum absolute atomic E-state index is 0. The number of aromatic hydroxyl groups is 1. The number of benzene rings is 1. The molecule has 1 radical (unpaired) electrons. The zero-order chi connectivity index (χ0) is 6.97. The molecule has 0 bridgehead atoms. The van der Waals surface area contributed by atoms with Crippen LogP contribution in [0.4, 0.5) is 0 Å². The van der Waals surface area contributed by atoms with Crippen LogP contribution in [0.1, 0.15) is 0 Å². The normalized spacial score (nSPS) is 9.45. The van der Waals surface area contributed by atoms with E-state index in [4.69, 9.17) is 0 Å². The standard InChI is InChI=1S/C8H7NO.Na/c10-8-5-9-7-4-2-1-3-6(7)8;/h1-5,9-10H;. The van der Waals surface area contributed by atoms with Gasteiger partial charge in [0.2, 0.25) is 0 Å². The molecule has 0 aliphatic heterocycles. The van der Waals surface area contributed by atoms with Crippen molar-refractivity contribution in [3.8, 4) is 5.75 Å². The van der Waals surface area contributed by atoms with E-state index in [1.54, 1.807) is 6.20 Å². The van der Waals surface area contributed by atoms with Crippen molar-refractivity contribution in [1.29, 1.82) is 0 Å². The summed E-state index contributed by atoms with van der Waals surface area (Å²) in [5, 5.41) is 10.1. The van der Waals surface area contributed by atoms with Crippen LogP contribution in [0.25, 0.3) is 10.9 Å². The molecule has 0 amide bonds. The third-order valence-corrected chi connectivity index (χ3v) is 1.57. The van der Waals surface area contributed by atoms with Crippen LogP contribution < -0.4 is 0 Å². The first-order chi connectivity index (χ1) is 4.88. The number of rotatable bonds is 0. The summed E-state index contributed by atoms with van der Waals surface area (Å²) in [5.41, 5.74) is 0.972. The van der Waals surface area contributed by atoms with Crippen molar-refractivity contribution < 1.29 is 5.11 Å². The Bertz CT molecular complexity index is 356. The topological polar surface area (TPSA) is 36.0 Å². The van der Waals surface area contributed by atoms with Crippen LogP contribution in [0.3, 0.4) is 0 Å². The molecule has 51 valence electrons. The second kappa shape index (κ2) is 3.30. The molecule has 0 aliphatic carbocycles. The van der Waals surface area contributed by atoms with Gasteiger partial charge in [-0.25, -0.2) is 0 Å². The summed E-state index contributed by atoms with van der Waals surface area (Å²) in [4.78, 5) is 2.94. The zero-order valence-corrected chi connectivity index (χ0v) is 8.33. The Morgan fingerprint density at radius 3 is 2.64 bits per heavy atom. The predicted octanol–water partition coefficient (Wildman–Crippen LogP) is 1.49. The van der Waals surface area contributed by atoms with Crippen LogP contribution in [0.15, 0.2) is 30.5 Å². The summed E-state index contributed by atoms with van der Waals surface area (Å²) >= 11 is 0. The SMILES string of the molecule is Oc1c[nH]c2ccccc12.[Na]. The maximum absolute atomic E-state index is 9.18. The number of hydrogen-bond acceptors (Lipinski definition) is 1. The van der Waals surface area contributed by atoms with E-state index in [9.17, 15) is 5.11 Å². The van der Waals surface area contributed by atoms with Gasteiger partial charge in [0.25, 0.3) is 0 Å². The molecule has 0 aliphatic rings. The molecule has 1 heterocycles. The quantitative estimate of drug-likeness (QED) is 0.557. The molecule has 3 heteroatoms. The molecule has 2 rings (SSSR count). The third kappa shape index (κ3) is 1.43. The Morgan fingerprint density at radius 2 is 1.91 bits per heavy atom. The van der Waals surface area contributed by atoms with Gasteiger partial charge in [-0.1, -0.05) is 12.1 Å². The van der Waals surface area contributed by atoms with Crippen molar-refractivity contribution in [2.24, 2.45) is 0 Å². The first-order valence-corrected chi connectivity index (χ1v) is 3.13. The molecule has 2 N–H and O–H groups in total. The van der Waals surface area contributed by atoms with E-state index < -0.39 is 0 Å². The van der Waals surface area contributed by atoms with Crippen molar-refractivity contribution in [3.63, 3.8) is 0 Å². The van der Waals surface area contributed by atoms with Gasteiger partial charge in [0, 0.05) is 46.7 Å². The summed E-state index contributed by atoms with van der Waals surface area (Å²) < 4.78 is 0. The van der Waals surface area contributed by atoms with E-state index in [0.29, 0.717) is 5.75 Å². The second-order valence-electron chi connectivity index (χ2n) is 2.22. The monoisotopic (exact) mass is 156 g/mol. The number of aromatic amines is 1. The summed E-state index contributed by atoms with van der Waals surface area (Å²) in [7, 11) is 0. The van der Waals surface area contributed by atoms with Crippen molar-refractivity contribution in [1.82, 2.24) is 4.98 Å². The molecule has 0 fully saturated rings. The van der Waals surface area contributed by atoms with Crippen molar-refractivity contribution in [2.45, 2.75) is 0 Å². The van der Waals surface area contributed by atoms with Crippen molar-refractivity contribution in [2.75, 3.05) is 0 Å². The van der Waals surface area contributed by atoms with Crippen molar-refractivity contribution in [3.05, 3.63) is 30.5 Å². The van der Waals surface area contributed by atoms with Crippen LogP contribution in [-0.2, 0) is 0 Å². The molecule has 0 atom stereocenters. The minimum atomic E-state index is 0. The van der Waals surface area contributed by atoms with Crippen LogP contribution in [0.2, 0.25) is 0 Å². The molecule has 1 aromatic heterocycles.